The van der Waals surface area contributed by atoms with Gasteiger partial charge in [-0.25, -0.2) is 0 Å². The summed E-state index contributed by atoms with van der Waals surface area (Å²) in [5, 5.41) is 10.6. The van der Waals surface area contributed by atoms with Crippen LogP contribution < -0.4 is 9.64 Å². The van der Waals surface area contributed by atoms with Crippen LogP contribution in [0.5, 0.6) is 5.75 Å². The fourth-order valence-electron chi connectivity index (χ4n) is 3.00. The fraction of sp³-hybridized carbons (Fsp3) is 0.250. The van der Waals surface area contributed by atoms with E-state index in [1.807, 2.05) is 0 Å². The summed E-state index contributed by atoms with van der Waals surface area (Å²) in [6, 6.07) is 12.0. The van der Waals surface area contributed by atoms with E-state index >= 15 is 0 Å². The van der Waals surface area contributed by atoms with Gasteiger partial charge in [-0.1, -0.05) is 6.07 Å². The SMILES string of the molecule is COc1cccc(N2CC(C(=O)OCC(=O)c3ccc([N+](=O)[O-])cc3)CC2=O)c1. The zero-order valence-corrected chi connectivity index (χ0v) is 15.6. The van der Waals surface area contributed by atoms with Crippen LogP contribution in [-0.2, 0) is 14.3 Å². The summed E-state index contributed by atoms with van der Waals surface area (Å²) in [5.74, 6) is -1.43. The van der Waals surface area contributed by atoms with Crippen molar-refractivity contribution in [2.24, 2.45) is 5.92 Å². The molecule has 3 rings (SSSR count). The highest BCUT2D eigenvalue weighted by atomic mass is 16.6. The molecule has 1 aliphatic heterocycles. The Morgan fingerprint density at radius 3 is 2.59 bits per heavy atom. The van der Waals surface area contributed by atoms with Crippen molar-refractivity contribution in [2.45, 2.75) is 6.42 Å². The highest BCUT2D eigenvalue weighted by molar-refractivity contribution is 6.01. The second kappa shape index (κ2) is 8.51. The molecule has 0 bridgehead atoms. The maximum Gasteiger partial charge on any atom is 0.311 e. The molecule has 0 aliphatic carbocycles. The van der Waals surface area contributed by atoms with Gasteiger partial charge in [-0.2, -0.15) is 0 Å². The number of esters is 1. The smallest absolute Gasteiger partial charge is 0.311 e. The molecule has 1 unspecified atom stereocenters. The van der Waals surface area contributed by atoms with Crippen molar-refractivity contribution in [3.63, 3.8) is 0 Å². The first kappa shape index (κ1) is 20.0. The number of ketones is 1. The van der Waals surface area contributed by atoms with Crippen LogP contribution in [0.2, 0.25) is 0 Å². The molecule has 0 saturated carbocycles. The normalized spacial score (nSPS) is 15.8. The number of rotatable bonds is 7. The summed E-state index contributed by atoms with van der Waals surface area (Å²) in [4.78, 5) is 48.3. The predicted molar refractivity (Wildman–Crippen MR) is 102 cm³/mol. The Morgan fingerprint density at radius 1 is 1.21 bits per heavy atom. The van der Waals surface area contributed by atoms with Gasteiger partial charge in [0.15, 0.2) is 12.4 Å². The topological polar surface area (TPSA) is 116 Å². The molecule has 1 amide bonds. The van der Waals surface area contributed by atoms with E-state index in [1.54, 1.807) is 24.3 Å². The molecule has 1 heterocycles. The number of carbonyl (C=O) groups is 3. The van der Waals surface area contributed by atoms with E-state index in [-0.39, 0.29) is 30.1 Å². The highest BCUT2D eigenvalue weighted by Gasteiger charge is 2.36. The Morgan fingerprint density at radius 2 is 1.93 bits per heavy atom. The van der Waals surface area contributed by atoms with Crippen LogP contribution >= 0.6 is 0 Å². The molecule has 0 radical (unpaired) electrons. The van der Waals surface area contributed by atoms with Crippen LogP contribution in [0, 0.1) is 16.0 Å². The molecule has 150 valence electrons. The van der Waals surface area contributed by atoms with E-state index in [0.717, 1.165) is 0 Å². The number of Topliss-reactive ketones (excluding diaryl/α,β-unsaturated/α-hetero) is 1. The maximum atomic E-state index is 12.3. The van der Waals surface area contributed by atoms with E-state index < -0.39 is 29.2 Å². The van der Waals surface area contributed by atoms with Gasteiger partial charge >= 0.3 is 5.97 Å². The van der Waals surface area contributed by atoms with Crippen LogP contribution in [0.1, 0.15) is 16.8 Å². The minimum absolute atomic E-state index is 0.0121. The van der Waals surface area contributed by atoms with Gasteiger partial charge in [0.25, 0.3) is 5.69 Å². The largest absolute Gasteiger partial charge is 0.497 e. The maximum absolute atomic E-state index is 12.3. The first-order chi connectivity index (χ1) is 13.9. The molecule has 0 spiro atoms. The number of benzene rings is 2. The summed E-state index contributed by atoms with van der Waals surface area (Å²) in [7, 11) is 1.52. The molecule has 2 aromatic carbocycles. The van der Waals surface area contributed by atoms with Crippen molar-refractivity contribution >= 4 is 29.0 Å². The summed E-state index contributed by atoms with van der Waals surface area (Å²) < 4.78 is 10.2. The van der Waals surface area contributed by atoms with Crippen molar-refractivity contribution in [3.8, 4) is 5.75 Å². The first-order valence-corrected chi connectivity index (χ1v) is 8.77. The lowest BCUT2D eigenvalue weighted by atomic mass is 10.1. The Kier molecular flexibility index (Phi) is 5.87. The van der Waals surface area contributed by atoms with E-state index in [1.165, 1.54) is 36.3 Å². The Bertz CT molecular complexity index is 956. The van der Waals surface area contributed by atoms with Gasteiger partial charge < -0.3 is 14.4 Å². The number of hydrogen-bond donors (Lipinski definition) is 0. The number of anilines is 1. The van der Waals surface area contributed by atoms with Crippen molar-refractivity contribution in [3.05, 3.63) is 64.2 Å². The molecule has 0 aromatic heterocycles. The summed E-state index contributed by atoms with van der Waals surface area (Å²) in [5.41, 5.74) is 0.677. The van der Waals surface area contributed by atoms with Gasteiger partial charge in [0.2, 0.25) is 5.91 Å². The predicted octanol–water partition coefficient (Wildman–Crippen LogP) is 2.38. The van der Waals surface area contributed by atoms with E-state index in [9.17, 15) is 24.5 Å². The summed E-state index contributed by atoms with van der Waals surface area (Å²) in [6.07, 6.45) is -0.0121. The average Bonchev–Trinajstić information content (AvgIpc) is 3.13. The van der Waals surface area contributed by atoms with Crippen molar-refractivity contribution in [2.75, 3.05) is 25.2 Å². The average molecular weight is 398 g/mol. The third kappa shape index (κ3) is 4.57. The molecule has 29 heavy (non-hydrogen) atoms. The van der Waals surface area contributed by atoms with Crippen LogP contribution in [-0.4, -0.2) is 42.8 Å². The van der Waals surface area contributed by atoms with Gasteiger partial charge in [-0.15, -0.1) is 0 Å². The molecule has 1 atom stereocenters. The molecule has 9 heteroatoms. The summed E-state index contributed by atoms with van der Waals surface area (Å²) >= 11 is 0. The third-order valence-electron chi connectivity index (χ3n) is 4.57. The van der Waals surface area contributed by atoms with Gasteiger partial charge in [-0.05, 0) is 24.3 Å². The number of nitro groups is 1. The Hall–Kier alpha value is -3.75. The number of nitrogens with zero attached hydrogens (tertiary/aromatic N) is 2. The van der Waals surface area contributed by atoms with Crippen molar-refractivity contribution in [1.29, 1.82) is 0 Å². The molecule has 1 saturated heterocycles. The van der Waals surface area contributed by atoms with Gasteiger partial charge in [0, 0.05) is 42.4 Å². The van der Waals surface area contributed by atoms with Crippen LogP contribution in [0.4, 0.5) is 11.4 Å². The molecule has 2 aromatic rings. The number of ether oxygens (including phenoxy) is 2. The highest BCUT2D eigenvalue weighted by Crippen LogP contribution is 2.28. The number of methoxy groups -OCH3 is 1. The number of non-ortho nitro benzene ring substituents is 1. The Balaban J connectivity index is 1.57. The summed E-state index contributed by atoms with van der Waals surface area (Å²) in [6.45, 7) is -0.350. The monoisotopic (exact) mass is 398 g/mol. The van der Waals surface area contributed by atoms with Gasteiger partial charge in [-0.3, -0.25) is 24.5 Å². The number of nitro benzene ring substituents is 1. The lowest BCUT2D eigenvalue weighted by Gasteiger charge is -2.17. The van der Waals surface area contributed by atoms with E-state index in [2.05, 4.69) is 0 Å². The minimum atomic E-state index is -0.682. The standard InChI is InChI=1S/C20H18N2O7/c1-28-17-4-2-3-16(10-17)21-11-14(9-19(21)24)20(25)29-12-18(23)13-5-7-15(8-6-13)22(26)27/h2-8,10,14H,9,11-12H2,1H3. The second-order valence-corrected chi connectivity index (χ2v) is 6.44. The van der Waals surface area contributed by atoms with Crippen LogP contribution in [0.3, 0.4) is 0 Å². The first-order valence-electron chi connectivity index (χ1n) is 8.77. The van der Waals surface area contributed by atoms with E-state index in [0.29, 0.717) is 11.4 Å². The number of hydrogen-bond acceptors (Lipinski definition) is 7. The van der Waals surface area contributed by atoms with Crippen molar-refractivity contribution in [1.82, 2.24) is 0 Å². The lowest BCUT2D eigenvalue weighted by Crippen LogP contribution is -2.27. The number of amides is 1. The molecule has 9 nitrogen and oxygen atoms in total. The van der Waals surface area contributed by atoms with Crippen LogP contribution in [0.15, 0.2) is 48.5 Å². The molecule has 1 fully saturated rings. The molecular formula is C20H18N2O7. The number of carbonyl (C=O) groups excluding carboxylic acids is 3. The fourth-order valence-corrected chi connectivity index (χ4v) is 3.00. The zero-order valence-electron chi connectivity index (χ0n) is 15.6. The second-order valence-electron chi connectivity index (χ2n) is 6.44. The zero-order chi connectivity index (χ0) is 21.0. The molecule has 0 N–H and O–H groups in total. The quantitative estimate of drug-likeness (QED) is 0.304. The minimum Gasteiger partial charge on any atom is -0.497 e. The third-order valence-corrected chi connectivity index (χ3v) is 4.57. The van der Waals surface area contributed by atoms with Gasteiger partial charge in [0.1, 0.15) is 5.75 Å². The van der Waals surface area contributed by atoms with E-state index in [4.69, 9.17) is 9.47 Å². The van der Waals surface area contributed by atoms with Crippen LogP contribution in [0.25, 0.3) is 0 Å². The van der Waals surface area contributed by atoms with Gasteiger partial charge in [0.05, 0.1) is 18.0 Å². The lowest BCUT2D eigenvalue weighted by molar-refractivity contribution is -0.384. The van der Waals surface area contributed by atoms with Crippen molar-refractivity contribution < 1.29 is 28.8 Å². The Labute approximate surface area is 166 Å². The molecule has 1 aliphatic rings. The molecular weight excluding hydrogens is 380 g/mol.